The molecule has 0 aliphatic carbocycles. The van der Waals surface area contributed by atoms with Crippen molar-refractivity contribution in [1.82, 2.24) is 15.5 Å². The molecule has 0 unspecified atom stereocenters. The van der Waals surface area contributed by atoms with Crippen LogP contribution < -0.4 is 10.6 Å². The third-order valence-electron chi connectivity index (χ3n) is 4.91. The number of nitrogens with one attached hydrogen (secondary N) is 2. The molecule has 0 heterocycles. The number of aryl methyl sites for hydroxylation is 1. The minimum atomic E-state index is -0.627. The summed E-state index contributed by atoms with van der Waals surface area (Å²) in [6.45, 7) is 6.18. The summed E-state index contributed by atoms with van der Waals surface area (Å²) in [7, 11) is 3.89. The fourth-order valence-electron chi connectivity index (χ4n) is 3.09. The molecule has 0 spiro atoms. The molecule has 0 saturated heterocycles. The van der Waals surface area contributed by atoms with Crippen LogP contribution in [0.5, 0.6) is 0 Å². The molecule has 0 aliphatic heterocycles. The number of benzene rings is 2. The lowest BCUT2D eigenvalue weighted by Crippen LogP contribution is -2.51. The van der Waals surface area contributed by atoms with E-state index < -0.39 is 6.04 Å². The van der Waals surface area contributed by atoms with Gasteiger partial charge in [0.1, 0.15) is 6.04 Å². The summed E-state index contributed by atoms with van der Waals surface area (Å²) in [5.41, 5.74) is 2.56. The number of hydrogen-bond acceptors (Lipinski definition) is 3. The van der Waals surface area contributed by atoms with Crippen molar-refractivity contribution < 1.29 is 9.59 Å². The molecular weight excluding hydrogens is 386 g/mol. The Balaban J connectivity index is 2.07. The van der Waals surface area contributed by atoms with Crippen LogP contribution in [0, 0.1) is 12.8 Å². The van der Waals surface area contributed by atoms with Gasteiger partial charge >= 0.3 is 0 Å². The Labute approximate surface area is 178 Å². The maximum atomic E-state index is 12.9. The van der Waals surface area contributed by atoms with Gasteiger partial charge in [0.05, 0.1) is 6.04 Å². The van der Waals surface area contributed by atoms with E-state index in [2.05, 4.69) is 10.6 Å². The molecule has 2 atom stereocenters. The highest BCUT2D eigenvalue weighted by molar-refractivity contribution is 6.31. The van der Waals surface area contributed by atoms with Crippen molar-refractivity contribution >= 4 is 23.4 Å². The topological polar surface area (TPSA) is 61.4 Å². The maximum Gasteiger partial charge on any atom is 0.251 e. The van der Waals surface area contributed by atoms with Gasteiger partial charge in [-0.3, -0.25) is 9.59 Å². The Morgan fingerprint density at radius 3 is 2.21 bits per heavy atom. The minimum absolute atomic E-state index is 0.0532. The summed E-state index contributed by atoms with van der Waals surface area (Å²) in [6, 6.07) is 14.2. The summed E-state index contributed by atoms with van der Waals surface area (Å²) >= 11 is 6.34. The lowest BCUT2D eigenvalue weighted by Gasteiger charge is -2.28. The number of likely N-dealkylation sites (N-methyl/N-ethyl adjacent to an activating group) is 1. The van der Waals surface area contributed by atoms with Crippen LogP contribution in [0.4, 0.5) is 0 Å². The molecule has 0 radical (unpaired) electrons. The third-order valence-corrected chi connectivity index (χ3v) is 5.25. The van der Waals surface area contributed by atoms with E-state index in [9.17, 15) is 9.59 Å². The largest absolute Gasteiger partial charge is 0.352 e. The molecule has 156 valence electrons. The minimum Gasteiger partial charge on any atom is -0.352 e. The van der Waals surface area contributed by atoms with Gasteiger partial charge < -0.3 is 15.5 Å². The van der Waals surface area contributed by atoms with Crippen molar-refractivity contribution in [3.63, 3.8) is 0 Å². The zero-order valence-corrected chi connectivity index (χ0v) is 18.5. The predicted molar refractivity (Wildman–Crippen MR) is 118 cm³/mol. The average molecular weight is 416 g/mol. The number of amides is 2. The highest BCUT2D eigenvalue weighted by Crippen LogP contribution is 2.25. The van der Waals surface area contributed by atoms with Gasteiger partial charge in [-0.15, -0.1) is 0 Å². The fourth-order valence-corrected chi connectivity index (χ4v) is 3.35. The second-order valence-electron chi connectivity index (χ2n) is 7.81. The SMILES string of the molecule is Cc1ccc(C(=O)N[C@H](C(=O)NC[C@H](c2ccccc2Cl)N(C)C)C(C)C)cc1. The van der Waals surface area contributed by atoms with Gasteiger partial charge in [0.15, 0.2) is 0 Å². The Morgan fingerprint density at radius 2 is 1.66 bits per heavy atom. The molecule has 2 rings (SSSR count). The number of halogens is 1. The summed E-state index contributed by atoms with van der Waals surface area (Å²) < 4.78 is 0. The summed E-state index contributed by atoms with van der Waals surface area (Å²) in [5, 5.41) is 6.51. The Hall–Kier alpha value is -2.37. The monoisotopic (exact) mass is 415 g/mol. The maximum absolute atomic E-state index is 12.9. The molecule has 2 amide bonds. The molecule has 2 aromatic rings. The van der Waals surface area contributed by atoms with Gasteiger partial charge in [0.2, 0.25) is 5.91 Å². The van der Waals surface area contributed by atoms with E-state index in [-0.39, 0.29) is 23.8 Å². The second kappa shape index (κ2) is 10.4. The first-order valence-electron chi connectivity index (χ1n) is 9.76. The Bertz CT molecular complexity index is 834. The Kier molecular flexibility index (Phi) is 8.23. The zero-order valence-electron chi connectivity index (χ0n) is 17.7. The molecule has 5 nitrogen and oxygen atoms in total. The van der Waals surface area contributed by atoms with E-state index in [1.54, 1.807) is 12.1 Å². The van der Waals surface area contributed by atoms with Crippen LogP contribution in [0.15, 0.2) is 48.5 Å². The first-order chi connectivity index (χ1) is 13.7. The molecule has 6 heteroatoms. The predicted octanol–water partition coefficient (Wildman–Crippen LogP) is 3.82. The quantitative estimate of drug-likeness (QED) is 0.688. The van der Waals surface area contributed by atoms with E-state index >= 15 is 0 Å². The number of nitrogens with zero attached hydrogens (tertiary/aromatic N) is 1. The summed E-state index contributed by atoms with van der Waals surface area (Å²) in [6.07, 6.45) is 0. The highest BCUT2D eigenvalue weighted by Gasteiger charge is 2.26. The first-order valence-corrected chi connectivity index (χ1v) is 10.1. The lowest BCUT2D eigenvalue weighted by atomic mass is 10.0. The van der Waals surface area contributed by atoms with Gasteiger partial charge in [0.25, 0.3) is 5.91 Å². The second-order valence-corrected chi connectivity index (χ2v) is 8.21. The Morgan fingerprint density at radius 1 is 1.03 bits per heavy atom. The summed E-state index contributed by atoms with van der Waals surface area (Å²) in [4.78, 5) is 27.5. The van der Waals surface area contributed by atoms with Gasteiger partial charge in [0, 0.05) is 17.1 Å². The van der Waals surface area contributed by atoms with Crippen LogP contribution in [0.2, 0.25) is 5.02 Å². The van der Waals surface area contributed by atoms with E-state index in [4.69, 9.17) is 11.6 Å². The molecule has 0 fully saturated rings. The van der Waals surface area contributed by atoms with Crippen LogP contribution in [-0.4, -0.2) is 43.4 Å². The standard InChI is InChI=1S/C23H30ClN3O2/c1-15(2)21(26-22(28)17-12-10-16(3)11-13-17)23(29)25-14-20(27(4)5)18-8-6-7-9-19(18)24/h6-13,15,20-21H,14H2,1-5H3,(H,25,29)(H,26,28)/t20-,21+/m1/s1. The number of carbonyl (C=O) groups excluding carboxylic acids is 2. The third kappa shape index (κ3) is 6.31. The molecule has 2 aromatic carbocycles. The van der Waals surface area contributed by atoms with Crippen molar-refractivity contribution in [2.45, 2.75) is 32.9 Å². The fraction of sp³-hybridized carbons (Fsp3) is 0.391. The van der Waals surface area contributed by atoms with Gasteiger partial charge in [-0.25, -0.2) is 0 Å². The van der Waals surface area contributed by atoms with Crippen LogP contribution in [0.1, 0.15) is 41.4 Å². The normalized spacial score (nSPS) is 13.2. The van der Waals surface area contributed by atoms with Crippen molar-refractivity contribution in [3.05, 3.63) is 70.2 Å². The van der Waals surface area contributed by atoms with Crippen molar-refractivity contribution in [2.75, 3.05) is 20.6 Å². The molecule has 0 bridgehead atoms. The molecule has 0 aromatic heterocycles. The number of carbonyl (C=O) groups is 2. The van der Waals surface area contributed by atoms with Gasteiger partial charge in [-0.1, -0.05) is 61.3 Å². The molecule has 2 N–H and O–H groups in total. The highest BCUT2D eigenvalue weighted by atomic mass is 35.5. The molecule has 29 heavy (non-hydrogen) atoms. The van der Waals surface area contributed by atoms with E-state index in [0.29, 0.717) is 17.1 Å². The van der Waals surface area contributed by atoms with E-state index in [1.165, 1.54) is 0 Å². The van der Waals surface area contributed by atoms with Crippen molar-refractivity contribution in [3.8, 4) is 0 Å². The number of hydrogen-bond donors (Lipinski definition) is 2. The average Bonchev–Trinajstić information content (AvgIpc) is 2.67. The smallest absolute Gasteiger partial charge is 0.251 e. The van der Waals surface area contributed by atoms with Crippen LogP contribution in [-0.2, 0) is 4.79 Å². The van der Waals surface area contributed by atoms with Crippen LogP contribution in [0.3, 0.4) is 0 Å². The van der Waals surface area contributed by atoms with Gasteiger partial charge in [-0.05, 0) is 50.7 Å². The zero-order chi connectivity index (χ0) is 21.6. The van der Waals surface area contributed by atoms with E-state index in [1.807, 2.05) is 76.2 Å². The lowest BCUT2D eigenvalue weighted by molar-refractivity contribution is -0.124. The first kappa shape index (κ1) is 22.9. The van der Waals surface area contributed by atoms with Crippen molar-refractivity contribution in [2.24, 2.45) is 5.92 Å². The van der Waals surface area contributed by atoms with Crippen LogP contribution in [0.25, 0.3) is 0 Å². The molecular formula is C23H30ClN3O2. The van der Waals surface area contributed by atoms with Crippen molar-refractivity contribution in [1.29, 1.82) is 0 Å². The number of rotatable bonds is 8. The van der Waals surface area contributed by atoms with Crippen LogP contribution >= 0.6 is 11.6 Å². The molecule has 0 aliphatic rings. The van der Waals surface area contributed by atoms with E-state index in [0.717, 1.165) is 11.1 Å². The molecule has 0 saturated carbocycles. The summed E-state index contributed by atoms with van der Waals surface area (Å²) in [5.74, 6) is -0.518. The van der Waals surface area contributed by atoms with Gasteiger partial charge in [-0.2, -0.15) is 0 Å².